The summed E-state index contributed by atoms with van der Waals surface area (Å²) in [6, 6.07) is 6.43. The van der Waals surface area contributed by atoms with E-state index < -0.39 is 17.9 Å². The van der Waals surface area contributed by atoms with Crippen LogP contribution in [0, 0.1) is 5.92 Å². The lowest BCUT2D eigenvalue weighted by molar-refractivity contribution is -0.139. The first-order chi connectivity index (χ1) is 10.1. The Bertz CT molecular complexity index is 706. The second-order valence-electron chi connectivity index (χ2n) is 5.40. The predicted molar refractivity (Wildman–Crippen MR) is 79.5 cm³/mol. The van der Waals surface area contributed by atoms with Gasteiger partial charge in [0.05, 0.1) is 5.02 Å². The van der Waals surface area contributed by atoms with E-state index in [9.17, 15) is 14.7 Å². The average molecular weight is 307 g/mol. The number of nitrogens with one attached hydrogen (secondary N) is 2. The van der Waals surface area contributed by atoms with Crippen molar-refractivity contribution >= 4 is 34.4 Å². The van der Waals surface area contributed by atoms with Crippen LogP contribution in [0.3, 0.4) is 0 Å². The topological polar surface area (TPSA) is 82.2 Å². The summed E-state index contributed by atoms with van der Waals surface area (Å²) in [6.45, 7) is 0. The number of carboxylic acids is 1. The van der Waals surface area contributed by atoms with Crippen molar-refractivity contribution in [1.82, 2.24) is 10.3 Å². The molecule has 6 heteroatoms. The number of rotatable bonds is 5. The second-order valence-corrected chi connectivity index (χ2v) is 5.78. The Morgan fingerprint density at radius 2 is 2.10 bits per heavy atom. The summed E-state index contributed by atoms with van der Waals surface area (Å²) < 4.78 is 0. The van der Waals surface area contributed by atoms with Gasteiger partial charge in [0.2, 0.25) is 0 Å². The van der Waals surface area contributed by atoms with Crippen LogP contribution in [0.1, 0.15) is 29.8 Å². The molecule has 0 spiro atoms. The van der Waals surface area contributed by atoms with Crippen LogP contribution in [0.4, 0.5) is 0 Å². The van der Waals surface area contributed by atoms with Crippen LogP contribution < -0.4 is 5.32 Å². The second kappa shape index (κ2) is 5.41. The first kappa shape index (κ1) is 13.9. The predicted octanol–water partition coefficient (Wildman–Crippen LogP) is 2.80. The number of halogens is 1. The average Bonchev–Trinajstić information content (AvgIpc) is 3.21. The third-order valence-electron chi connectivity index (χ3n) is 3.74. The number of hydrogen-bond acceptors (Lipinski definition) is 2. The van der Waals surface area contributed by atoms with Crippen molar-refractivity contribution in [3.8, 4) is 0 Å². The maximum Gasteiger partial charge on any atom is 0.326 e. The number of H-pyrrole nitrogens is 1. The third kappa shape index (κ3) is 2.88. The number of carbonyl (C=O) groups is 2. The van der Waals surface area contributed by atoms with Gasteiger partial charge in [-0.25, -0.2) is 4.79 Å². The molecule has 1 unspecified atom stereocenters. The fourth-order valence-electron chi connectivity index (χ4n) is 2.40. The monoisotopic (exact) mass is 306 g/mol. The highest BCUT2D eigenvalue weighted by Gasteiger charge is 2.31. The number of carboxylic acid groups (broad SMARTS) is 1. The molecule has 21 heavy (non-hydrogen) atoms. The van der Waals surface area contributed by atoms with Gasteiger partial charge in [-0.15, -0.1) is 0 Å². The Morgan fingerprint density at radius 1 is 1.38 bits per heavy atom. The molecule has 110 valence electrons. The zero-order chi connectivity index (χ0) is 15.0. The van der Waals surface area contributed by atoms with Gasteiger partial charge in [-0.2, -0.15) is 0 Å². The van der Waals surface area contributed by atoms with Crippen molar-refractivity contribution in [2.75, 3.05) is 0 Å². The lowest BCUT2D eigenvalue weighted by Gasteiger charge is -2.13. The molecule has 0 bridgehead atoms. The van der Waals surface area contributed by atoms with Gasteiger partial charge in [0.15, 0.2) is 0 Å². The van der Waals surface area contributed by atoms with Gasteiger partial charge in [-0.1, -0.05) is 42.6 Å². The number of aromatic amines is 1. The van der Waals surface area contributed by atoms with Gasteiger partial charge in [0.25, 0.3) is 5.91 Å². The van der Waals surface area contributed by atoms with E-state index in [1.165, 1.54) is 0 Å². The molecule has 1 aliphatic rings. The Labute approximate surface area is 126 Å². The van der Waals surface area contributed by atoms with Crippen LogP contribution in [0.25, 0.3) is 10.9 Å². The zero-order valence-electron chi connectivity index (χ0n) is 11.2. The maximum atomic E-state index is 12.3. The molecular formula is C15H15ClN2O3. The lowest BCUT2D eigenvalue weighted by Crippen LogP contribution is -2.41. The molecule has 1 fully saturated rings. The maximum absolute atomic E-state index is 12.3. The Kier molecular flexibility index (Phi) is 3.59. The number of aliphatic carboxylic acids is 1. The van der Waals surface area contributed by atoms with E-state index >= 15 is 0 Å². The van der Waals surface area contributed by atoms with Crippen LogP contribution in [0.15, 0.2) is 24.3 Å². The fraction of sp³-hybridized carbons (Fsp3) is 0.333. The molecule has 5 nitrogen and oxygen atoms in total. The van der Waals surface area contributed by atoms with Gasteiger partial charge >= 0.3 is 5.97 Å². The van der Waals surface area contributed by atoms with E-state index in [1.54, 1.807) is 0 Å². The van der Waals surface area contributed by atoms with Crippen LogP contribution in [-0.4, -0.2) is 28.0 Å². The summed E-state index contributed by atoms with van der Waals surface area (Å²) in [5.74, 6) is -1.09. The van der Waals surface area contributed by atoms with Gasteiger partial charge in [-0.3, -0.25) is 4.79 Å². The first-order valence-electron chi connectivity index (χ1n) is 6.86. The van der Waals surface area contributed by atoms with E-state index in [0.29, 0.717) is 17.4 Å². The smallest absolute Gasteiger partial charge is 0.326 e. The minimum Gasteiger partial charge on any atom is -0.480 e. The summed E-state index contributed by atoms with van der Waals surface area (Å²) in [6.07, 6.45) is 2.54. The first-order valence-corrected chi connectivity index (χ1v) is 7.24. The molecule has 0 aliphatic heterocycles. The van der Waals surface area contributed by atoms with E-state index in [2.05, 4.69) is 10.3 Å². The minimum absolute atomic E-state index is 0.208. The molecule has 1 aromatic heterocycles. The summed E-state index contributed by atoms with van der Waals surface area (Å²) in [4.78, 5) is 26.4. The van der Waals surface area contributed by atoms with E-state index in [-0.39, 0.29) is 5.69 Å². The van der Waals surface area contributed by atoms with Gasteiger partial charge < -0.3 is 15.4 Å². The highest BCUT2D eigenvalue weighted by Crippen LogP contribution is 2.34. The van der Waals surface area contributed by atoms with Crippen LogP contribution in [0.2, 0.25) is 5.02 Å². The Morgan fingerprint density at radius 3 is 2.71 bits per heavy atom. The molecule has 1 heterocycles. The highest BCUT2D eigenvalue weighted by molar-refractivity contribution is 6.38. The Hall–Kier alpha value is -2.01. The number of benzene rings is 1. The molecule has 1 saturated carbocycles. The fourth-order valence-corrected chi connectivity index (χ4v) is 2.70. The molecule has 1 amide bonds. The van der Waals surface area contributed by atoms with E-state index in [4.69, 9.17) is 11.6 Å². The molecule has 3 rings (SSSR count). The normalized spacial score (nSPS) is 15.9. The quantitative estimate of drug-likeness (QED) is 0.794. The van der Waals surface area contributed by atoms with Crippen molar-refractivity contribution < 1.29 is 14.7 Å². The van der Waals surface area contributed by atoms with Crippen molar-refractivity contribution in [2.45, 2.75) is 25.3 Å². The van der Waals surface area contributed by atoms with Crippen molar-refractivity contribution in [3.05, 3.63) is 35.0 Å². The summed E-state index contributed by atoms with van der Waals surface area (Å²) >= 11 is 6.19. The molecule has 3 N–H and O–H groups in total. The zero-order valence-corrected chi connectivity index (χ0v) is 12.0. The molecule has 2 aromatic rings. The summed E-state index contributed by atoms with van der Waals surface area (Å²) in [7, 11) is 0. The van der Waals surface area contributed by atoms with Crippen molar-refractivity contribution in [3.63, 3.8) is 0 Å². The standard InChI is InChI=1S/C15H15ClN2O3/c16-12-9-3-1-2-4-10(9)17-13(12)14(19)18-11(15(20)21)7-8-5-6-8/h1-4,8,11,17H,5-7H2,(H,18,19)(H,20,21). The molecule has 1 aromatic carbocycles. The summed E-state index contributed by atoms with van der Waals surface area (Å²) in [5, 5.41) is 12.8. The van der Waals surface area contributed by atoms with Gasteiger partial charge in [-0.05, 0) is 18.4 Å². The number of para-hydroxylation sites is 1. The van der Waals surface area contributed by atoms with Crippen LogP contribution in [0.5, 0.6) is 0 Å². The minimum atomic E-state index is -1.01. The Balaban J connectivity index is 1.82. The number of fused-ring (bicyclic) bond motifs is 1. The van der Waals surface area contributed by atoms with E-state index in [0.717, 1.165) is 23.7 Å². The summed E-state index contributed by atoms with van der Waals surface area (Å²) in [5.41, 5.74) is 0.960. The largest absolute Gasteiger partial charge is 0.480 e. The van der Waals surface area contributed by atoms with Gasteiger partial charge in [0.1, 0.15) is 11.7 Å². The van der Waals surface area contributed by atoms with Crippen molar-refractivity contribution in [2.24, 2.45) is 5.92 Å². The molecule has 0 radical (unpaired) electrons. The number of aromatic nitrogens is 1. The molecule has 0 saturated heterocycles. The van der Waals surface area contributed by atoms with Gasteiger partial charge in [0, 0.05) is 10.9 Å². The molecular weight excluding hydrogens is 292 g/mol. The van der Waals surface area contributed by atoms with E-state index in [1.807, 2.05) is 24.3 Å². The number of carbonyl (C=O) groups excluding carboxylic acids is 1. The third-order valence-corrected chi connectivity index (χ3v) is 4.13. The number of amides is 1. The SMILES string of the molecule is O=C(NC(CC1CC1)C(=O)O)c1[nH]c2ccccc2c1Cl. The van der Waals surface area contributed by atoms with Crippen LogP contribution >= 0.6 is 11.6 Å². The lowest BCUT2D eigenvalue weighted by atomic mass is 10.1. The molecule has 1 aliphatic carbocycles. The highest BCUT2D eigenvalue weighted by atomic mass is 35.5. The molecule has 1 atom stereocenters. The van der Waals surface area contributed by atoms with Crippen molar-refractivity contribution in [1.29, 1.82) is 0 Å². The number of hydrogen-bond donors (Lipinski definition) is 3. The van der Waals surface area contributed by atoms with Crippen LogP contribution in [-0.2, 0) is 4.79 Å².